The summed E-state index contributed by atoms with van der Waals surface area (Å²) < 4.78 is 5.22. The first-order valence-electron chi connectivity index (χ1n) is 10.8. The molecule has 1 aliphatic carbocycles. The van der Waals surface area contributed by atoms with Crippen LogP contribution in [0.3, 0.4) is 0 Å². The maximum absolute atomic E-state index is 12.7. The van der Waals surface area contributed by atoms with Crippen molar-refractivity contribution in [3.63, 3.8) is 0 Å². The molecule has 1 amide bonds. The lowest BCUT2D eigenvalue weighted by molar-refractivity contribution is -0.135. The summed E-state index contributed by atoms with van der Waals surface area (Å²) in [4.78, 5) is 19.1. The Bertz CT molecular complexity index is 659. The van der Waals surface area contributed by atoms with Gasteiger partial charge in [0.05, 0.1) is 5.69 Å². The normalized spacial score (nSPS) is 21.2. The third-order valence-electron chi connectivity index (χ3n) is 6.10. The van der Waals surface area contributed by atoms with Crippen LogP contribution in [0, 0.1) is 19.8 Å². The summed E-state index contributed by atoms with van der Waals surface area (Å²) in [6, 6.07) is 0.279. The molecule has 1 atom stereocenters. The van der Waals surface area contributed by atoms with E-state index in [2.05, 4.69) is 25.7 Å². The summed E-state index contributed by atoms with van der Waals surface area (Å²) in [5.41, 5.74) is 2.19. The van der Waals surface area contributed by atoms with Crippen molar-refractivity contribution in [3.8, 4) is 0 Å². The van der Waals surface area contributed by atoms with Crippen molar-refractivity contribution in [2.24, 2.45) is 10.9 Å². The van der Waals surface area contributed by atoms with Crippen molar-refractivity contribution < 1.29 is 9.32 Å². The highest BCUT2D eigenvalue weighted by Crippen LogP contribution is 2.26. The van der Waals surface area contributed by atoms with Gasteiger partial charge in [0, 0.05) is 44.2 Å². The van der Waals surface area contributed by atoms with E-state index in [1.165, 1.54) is 24.8 Å². The fourth-order valence-corrected chi connectivity index (χ4v) is 4.40. The summed E-state index contributed by atoms with van der Waals surface area (Å²) >= 11 is 0. The van der Waals surface area contributed by atoms with Gasteiger partial charge in [-0.25, -0.2) is 0 Å². The quantitative estimate of drug-likeness (QED) is 0.444. The molecule has 2 N–H and O–H groups in total. The Morgan fingerprint density at radius 2 is 2.04 bits per heavy atom. The van der Waals surface area contributed by atoms with E-state index < -0.39 is 0 Å². The van der Waals surface area contributed by atoms with E-state index >= 15 is 0 Å². The molecule has 2 aliphatic rings. The van der Waals surface area contributed by atoms with E-state index in [0.717, 1.165) is 69.2 Å². The zero-order chi connectivity index (χ0) is 19.9. The molecule has 0 spiro atoms. The molecule has 7 nitrogen and oxygen atoms in total. The number of likely N-dealkylation sites (tertiary alicyclic amines) is 1. The van der Waals surface area contributed by atoms with Crippen molar-refractivity contribution >= 4 is 11.9 Å². The van der Waals surface area contributed by atoms with Crippen LogP contribution in [0.15, 0.2) is 9.52 Å². The average Bonchev–Trinajstić information content (AvgIpc) is 3.31. The van der Waals surface area contributed by atoms with Gasteiger partial charge in [-0.15, -0.1) is 0 Å². The first-order valence-corrected chi connectivity index (χ1v) is 10.8. The van der Waals surface area contributed by atoms with Crippen LogP contribution in [0.4, 0.5) is 0 Å². The van der Waals surface area contributed by atoms with E-state index in [1.807, 2.05) is 13.8 Å². The number of aryl methyl sites for hydroxylation is 2. The van der Waals surface area contributed by atoms with Crippen LogP contribution < -0.4 is 10.6 Å². The lowest BCUT2D eigenvalue weighted by atomic mass is 9.88. The van der Waals surface area contributed by atoms with Crippen LogP contribution >= 0.6 is 0 Å². The second-order valence-electron chi connectivity index (χ2n) is 8.15. The van der Waals surface area contributed by atoms with Gasteiger partial charge in [-0.3, -0.25) is 9.79 Å². The minimum atomic E-state index is 0.259. The number of carbonyl (C=O) groups excluding carboxylic acids is 1. The largest absolute Gasteiger partial charge is 0.361 e. The number of rotatable bonds is 6. The van der Waals surface area contributed by atoms with Gasteiger partial charge < -0.3 is 20.1 Å². The highest BCUT2D eigenvalue weighted by atomic mass is 16.5. The molecule has 28 heavy (non-hydrogen) atoms. The topological polar surface area (TPSA) is 82.8 Å². The molecule has 2 heterocycles. The van der Waals surface area contributed by atoms with Crippen molar-refractivity contribution in [2.75, 3.05) is 26.7 Å². The monoisotopic (exact) mass is 389 g/mol. The van der Waals surface area contributed by atoms with Gasteiger partial charge in [0.15, 0.2) is 5.96 Å². The predicted molar refractivity (Wildman–Crippen MR) is 110 cm³/mol. The summed E-state index contributed by atoms with van der Waals surface area (Å²) in [5.74, 6) is 2.35. The number of hydrogen-bond acceptors (Lipinski definition) is 4. The van der Waals surface area contributed by atoms with Gasteiger partial charge in [-0.2, -0.15) is 0 Å². The molecule has 0 radical (unpaired) electrons. The summed E-state index contributed by atoms with van der Waals surface area (Å²) in [5, 5.41) is 10.9. The second-order valence-corrected chi connectivity index (χ2v) is 8.15. The van der Waals surface area contributed by atoms with Gasteiger partial charge in [-0.05, 0) is 46.0 Å². The molecule has 3 rings (SSSR count). The summed E-state index contributed by atoms with van der Waals surface area (Å²) in [7, 11) is 1.80. The number of nitrogens with zero attached hydrogens (tertiary/aromatic N) is 3. The van der Waals surface area contributed by atoms with E-state index in [0.29, 0.717) is 5.91 Å². The molecule has 1 saturated carbocycles. The van der Waals surface area contributed by atoms with Crippen LogP contribution in [-0.2, 0) is 11.2 Å². The predicted octanol–water partition coefficient (Wildman–Crippen LogP) is 2.57. The summed E-state index contributed by atoms with van der Waals surface area (Å²) in [6.45, 7) is 6.43. The SMILES string of the molecule is CN=C(NCCCc1c(C)noc1C)NC1CCN(C(=O)C2CCCCC2)C1. The highest BCUT2D eigenvalue weighted by molar-refractivity contribution is 5.81. The highest BCUT2D eigenvalue weighted by Gasteiger charge is 2.31. The number of amides is 1. The summed E-state index contributed by atoms with van der Waals surface area (Å²) in [6.07, 6.45) is 8.75. The molecule has 1 unspecified atom stereocenters. The maximum Gasteiger partial charge on any atom is 0.225 e. The smallest absolute Gasteiger partial charge is 0.225 e. The Balaban J connectivity index is 1.38. The van der Waals surface area contributed by atoms with Gasteiger partial charge in [-0.1, -0.05) is 24.4 Å². The van der Waals surface area contributed by atoms with Crippen molar-refractivity contribution in [2.45, 2.75) is 71.3 Å². The molecule has 1 saturated heterocycles. The lowest BCUT2D eigenvalue weighted by Gasteiger charge is -2.26. The van der Waals surface area contributed by atoms with Gasteiger partial charge >= 0.3 is 0 Å². The van der Waals surface area contributed by atoms with Gasteiger partial charge in [0.1, 0.15) is 5.76 Å². The fourth-order valence-electron chi connectivity index (χ4n) is 4.40. The zero-order valence-corrected chi connectivity index (χ0v) is 17.6. The van der Waals surface area contributed by atoms with Crippen molar-refractivity contribution in [1.29, 1.82) is 0 Å². The van der Waals surface area contributed by atoms with Crippen LogP contribution in [0.1, 0.15) is 62.0 Å². The van der Waals surface area contributed by atoms with Crippen LogP contribution in [0.5, 0.6) is 0 Å². The minimum absolute atomic E-state index is 0.259. The maximum atomic E-state index is 12.7. The number of aromatic nitrogens is 1. The minimum Gasteiger partial charge on any atom is -0.361 e. The van der Waals surface area contributed by atoms with Crippen LogP contribution in [0.25, 0.3) is 0 Å². The number of nitrogens with one attached hydrogen (secondary N) is 2. The molecule has 0 aromatic carbocycles. The molecule has 1 aromatic heterocycles. The molecule has 0 bridgehead atoms. The first kappa shape index (κ1) is 20.7. The van der Waals surface area contributed by atoms with E-state index in [1.54, 1.807) is 7.05 Å². The number of carbonyl (C=O) groups is 1. The Morgan fingerprint density at radius 3 is 2.71 bits per heavy atom. The number of aliphatic imine (C=N–C) groups is 1. The van der Waals surface area contributed by atoms with Crippen molar-refractivity contribution in [1.82, 2.24) is 20.7 Å². The number of guanidine groups is 1. The Morgan fingerprint density at radius 1 is 1.25 bits per heavy atom. The van der Waals surface area contributed by atoms with Gasteiger partial charge in [0.2, 0.25) is 5.91 Å². The zero-order valence-electron chi connectivity index (χ0n) is 17.6. The Labute approximate surface area is 168 Å². The van der Waals surface area contributed by atoms with E-state index in [9.17, 15) is 4.79 Å². The lowest BCUT2D eigenvalue weighted by Crippen LogP contribution is -2.45. The van der Waals surface area contributed by atoms with Crippen LogP contribution in [-0.4, -0.2) is 54.6 Å². The molecule has 2 fully saturated rings. The molecule has 1 aromatic rings. The van der Waals surface area contributed by atoms with E-state index in [4.69, 9.17) is 4.52 Å². The third-order valence-corrected chi connectivity index (χ3v) is 6.10. The molecule has 156 valence electrons. The average molecular weight is 390 g/mol. The third kappa shape index (κ3) is 5.26. The standard InChI is InChI=1S/C21H35N5O2/c1-15-19(16(2)28-25-15)10-7-12-23-21(22-3)24-18-11-13-26(14-18)20(27)17-8-5-4-6-9-17/h17-18H,4-14H2,1-3H3,(H2,22,23,24). The molecular formula is C21H35N5O2. The van der Waals surface area contributed by atoms with Crippen LogP contribution in [0.2, 0.25) is 0 Å². The second kappa shape index (κ2) is 9.94. The molecule has 7 heteroatoms. The fraction of sp³-hybridized carbons (Fsp3) is 0.762. The van der Waals surface area contributed by atoms with E-state index in [-0.39, 0.29) is 12.0 Å². The molecular weight excluding hydrogens is 354 g/mol. The number of hydrogen-bond donors (Lipinski definition) is 2. The Hall–Kier alpha value is -2.05. The molecule has 1 aliphatic heterocycles. The van der Waals surface area contributed by atoms with Gasteiger partial charge in [0.25, 0.3) is 0 Å². The Kier molecular flexibility index (Phi) is 7.34. The first-order chi connectivity index (χ1) is 13.6. The van der Waals surface area contributed by atoms with Crippen molar-refractivity contribution in [3.05, 3.63) is 17.0 Å².